The molecule has 0 amide bonds. The summed E-state index contributed by atoms with van der Waals surface area (Å²) in [6, 6.07) is 6.90. The molecule has 2 aromatic rings. The average Bonchev–Trinajstić information content (AvgIpc) is 2.99. The largest absolute Gasteiger partial charge is 0.480 e. The molecule has 0 saturated carbocycles. The molecule has 1 aromatic carbocycles. The van der Waals surface area contributed by atoms with Crippen LogP contribution in [0.25, 0.3) is 11.3 Å². The summed E-state index contributed by atoms with van der Waals surface area (Å²) in [6.07, 6.45) is 0.511. The smallest absolute Gasteiger partial charge is 0.320 e. The van der Waals surface area contributed by atoms with Gasteiger partial charge in [-0.05, 0) is 30.5 Å². The van der Waals surface area contributed by atoms with Gasteiger partial charge in [0.15, 0.2) is 0 Å². The van der Waals surface area contributed by atoms with Crippen LogP contribution in [0.3, 0.4) is 0 Å². The van der Waals surface area contributed by atoms with Crippen molar-refractivity contribution in [2.75, 3.05) is 0 Å². The summed E-state index contributed by atoms with van der Waals surface area (Å²) in [5.74, 6) is 0.366. The minimum atomic E-state index is -0.904. The number of nitrogens with one attached hydrogen (secondary N) is 1. The van der Waals surface area contributed by atoms with E-state index < -0.39 is 16.9 Å². The minimum absolute atomic E-state index is 0.0971. The van der Waals surface area contributed by atoms with Gasteiger partial charge in [0.2, 0.25) is 0 Å². The Balaban J connectivity index is 2.09. The Morgan fingerprint density at radius 3 is 2.64 bits per heavy atom. The van der Waals surface area contributed by atoms with E-state index in [1.165, 1.54) is 18.2 Å². The van der Waals surface area contributed by atoms with Gasteiger partial charge in [0.25, 0.3) is 5.69 Å². The maximum Gasteiger partial charge on any atom is 0.320 e. The third-order valence-corrected chi connectivity index (χ3v) is 3.93. The molecule has 0 aliphatic heterocycles. The summed E-state index contributed by atoms with van der Waals surface area (Å²) in [7, 11) is 0. The summed E-state index contributed by atoms with van der Waals surface area (Å²) in [5.41, 5.74) is 0.440. The van der Waals surface area contributed by atoms with Crippen molar-refractivity contribution in [2.45, 2.75) is 32.9 Å². The number of carboxylic acids is 1. The lowest BCUT2D eigenvalue weighted by Gasteiger charge is -2.15. The van der Waals surface area contributed by atoms with Gasteiger partial charge in [0.05, 0.1) is 16.5 Å². The predicted molar refractivity (Wildman–Crippen MR) is 93.5 cm³/mol. The number of nitro benzene ring substituents is 1. The molecule has 0 spiro atoms. The number of non-ortho nitro benzene ring substituents is 1. The van der Waals surface area contributed by atoms with Crippen LogP contribution in [0.15, 0.2) is 34.7 Å². The zero-order valence-corrected chi connectivity index (χ0v) is 14.6. The van der Waals surface area contributed by atoms with Crippen molar-refractivity contribution in [3.05, 3.63) is 51.2 Å². The van der Waals surface area contributed by atoms with Gasteiger partial charge in [0.1, 0.15) is 17.6 Å². The number of carbonyl (C=O) groups is 1. The highest BCUT2D eigenvalue weighted by Gasteiger charge is 2.19. The van der Waals surface area contributed by atoms with Crippen molar-refractivity contribution in [1.82, 2.24) is 5.32 Å². The van der Waals surface area contributed by atoms with Crippen LogP contribution < -0.4 is 5.32 Å². The van der Waals surface area contributed by atoms with E-state index in [1.54, 1.807) is 12.1 Å². The van der Waals surface area contributed by atoms with Crippen molar-refractivity contribution in [3.8, 4) is 11.3 Å². The van der Waals surface area contributed by atoms with E-state index in [9.17, 15) is 20.0 Å². The number of rotatable bonds is 8. The molecule has 134 valence electrons. The van der Waals surface area contributed by atoms with Crippen LogP contribution in [-0.4, -0.2) is 22.0 Å². The van der Waals surface area contributed by atoms with E-state index in [4.69, 9.17) is 16.0 Å². The standard InChI is InChI=1S/C17H19ClN2O5/c1-10(2)7-15(17(21)22)19-9-12-4-6-16(25-12)13-5-3-11(20(23)24)8-14(13)18/h3-6,8,10,15,19H,7,9H2,1-2H3,(H,21,22). The van der Waals surface area contributed by atoms with Gasteiger partial charge in [-0.3, -0.25) is 20.2 Å². The number of hydrogen-bond acceptors (Lipinski definition) is 5. The quantitative estimate of drug-likeness (QED) is 0.538. The molecule has 0 radical (unpaired) electrons. The highest BCUT2D eigenvalue weighted by atomic mass is 35.5. The van der Waals surface area contributed by atoms with Crippen LogP contribution in [0.2, 0.25) is 5.02 Å². The van der Waals surface area contributed by atoms with Crippen molar-refractivity contribution in [2.24, 2.45) is 5.92 Å². The van der Waals surface area contributed by atoms with Gasteiger partial charge in [0, 0.05) is 17.7 Å². The van der Waals surface area contributed by atoms with Crippen LogP contribution in [0.4, 0.5) is 5.69 Å². The predicted octanol–water partition coefficient (Wildman–Crippen LogP) is 4.10. The second kappa shape index (κ2) is 8.13. The number of nitrogens with zero attached hydrogens (tertiary/aromatic N) is 1. The van der Waals surface area contributed by atoms with Crippen molar-refractivity contribution >= 4 is 23.3 Å². The second-order valence-electron chi connectivity index (χ2n) is 6.09. The van der Waals surface area contributed by atoms with Gasteiger partial charge in [-0.2, -0.15) is 0 Å². The first-order valence-corrected chi connectivity index (χ1v) is 8.15. The van der Waals surface area contributed by atoms with Crippen LogP contribution in [0, 0.1) is 16.0 Å². The molecule has 1 heterocycles. The molecule has 0 bridgehead atoms. The SMILES string of the molecule is CC(C)CC(NCc1ccc(-c2ccc([N+](=O)[O-])cc2Cl)o1)C(=O)O. The van der Waals surface area contributed by atoms with E-state index in [0.29, 0.717) is 23.5 Å². The first-order chi connectivity index (χ1) is 11.8. The molecule has 1 aromatic heterocycles. The summed E-state index contributed by atoms with van der Waals surface area (Å²) in [4.78, 5) is 21.5. The topological polar surface area (TPSA) is 106 Å². The number of nitro groups is 1. The first kappa shape index (κ1) is 19.0. The molecular weight excluding hydrogens is 348 g/mol. The molecule has 2 rings (SSSR count). The maximum absolute atomic E-state index is 11.2. The lowest BCUT2D eigenvalue weighted by Crippen LogP contribution is -2.37. The fourth-order valence-electron chi connectivity index (χ4n) is 2.40. The Morgan fingerprint density at radius 2 is 2.08 bits per heavy atom. The van der Waals surface area contributed by atoms with E-state index in [1.807, 2.05) is 13.8 Å². The number of furan rings is 1. The Morgan fingerprint density at radius 1 is 1.36 bits per heavy atom. The van der Waals surface area contributed by atoms with Gasteiger partial charge in [-0.25, -0.2) is 0 Å². The lowest BCUT2D eigenvalue weighted by atomic mass is 10.0. The highest BCUT2D eigenvalue weighted by Crippen LogP contribution is 2.32. The van der Waals surface area contributed by atoms with Crippen LogP contribution >= 0.6 is 11.6 Å². The second-order valence-corrected chi connectivity index (χ2v) is 6.50. The third-order valence-electron chi connectivity index (χ3n) is 3.62. The number of aliphatic carboxylic acids is 1. The van der Waals surface area contributed by atoms with E-state index in [-0.39, 0.29) is 23.2 Å². The Kier molecular flexibility index (Phi) is 6.17. The Hall–Kier alpha value is -2.38. The van der Waals surface area contributed by atoms with Crippen molar-refractivity contribution < 1.29 is 19.2 Å². The highest BCUT2D eigenvalue weighted by molar-refractivity contribution is 6.33. The molecule has 1 unspecified atom stereocenters. The fourth-order valence-corrected chi connectivity index (χ4v) is 2.67. The molecule has 2 N–H and O–H groups in total. The van der Waals surface area contributed by atoms with E-state index in [2.05, 4.69) is 5.32 Å². The molecular formula is C17H19ClN2O5. The number of benzene rings is 1. The van der Waals surface area contributed by atoms with Crippen LogP contribution in [0.1, 0.15) is 26.0 Å². The van der Waals surface area contributed by atoms with Crippen molar-refractivity contribution in [1.29, 1.82) is 0 Å². The average molecular weight is 367 g/mol. The summed E-state index contributed by atoms with van der Waals surface area (Å²) < 4.78 is 5.68. The lowest BCUT2D eigenvalue weighted by molar-refractivity contribution is -0.384. The monoisotopic (exact) mass is 366 g/mol. The normalized spacial score (nSPS) is 12.3. The Bertz CT molecular complexity index is 772. The zero-order chi connectivity index (χ0) is 18.6. The first-order valence-electron chi connectivity index (χ1n) is 7.77. The maximum atomic E-state index is 11.2. The van der Waals surface area contributed by atoms with Crippen LogP contribution in [0.5, 0.6) is 0 Å². The summed E-state index contributed by atoms with van der Waals surface area (Å²) in [5, 5.41) is 23.1. The zero-order valence-electron chi connectivity index (χ0n) is 13.9. The van der Waals surface area contributed by atoms with Gasteiger partial charge < -0.3 is 9.52 Å². The number of hydrogen-bond donors (Lipinski definition) is 2. The fraction of sp³-hybridized carbons (Fsp3) is 0.353. The van der Waals surface area contributed by atoms with Gasteiger partial charge in [-0.15, -0.1) is 0 Å². The minimum Gasteiger partial charge on any atom is -0.480 e. The molecule has 0 aliphatic rings. The summed E-state index contributed by atoms with van der Waals surface area (Å²) in [6.45, 7) is 4.17. The molecule has 1 atom stereocenters. The molecule has 8 heteroatoms. The van der Waals surface area contributed by atoms with E-state index in [0.717, 1.165) is 0 Å². The molecule has 0 fully saturated rings. The molecule has 7 nitrogen and oxygen atoms in total. The van der Waals surface area contributed by atoms with Crippen molar-refractivity contribution in [3.63, 3.8) is 0 Å². The molecule has 0 saturated heterocycles. The number of halogens is 1. The molecule has 25 heavy (non-hydrogen) atoms. The van der Waals surface area contributed by atoms with Gasteiger partial charge >= 0.3 is 5.97 Å². The number of carboxylic acid groups (broad SMARTS) is 1. The Labute approximate surface area is 149 Å². The molecule has 0 aliphatic carbocycles. The van der Waals surface area contributed by atoms with Crippen LogP contribution in [-0.2, 0) is 11.3 Å². The van der Waals surface area contributed by atoms with E-state index >= 15 is 0 Å². The summed E-state index contributed by atoms with van der Waals surface area (Å²) >= 11 is 6.09. The third kappa shape index (κ3) is 5.04. The van der Waals surface area contributed by atoms with Gasteiger partial charge in [-0.1, -0.05) is 25.4 Å².